The number of anilines is 1. The summed E-state index contributed by atoms with van der Waals surface area (Å²) in [5, 5.41) is 3.39. The molecule has 1 aliphatic heterocycles. The number of benzene rings is 1. The normalized spacial score (nSPS) is 14.7. The van der Waals surface area contributed by atoms with Gasteiger partial charge in [-0.3, -0.25) is 14.5 Å². The lowest BCUT2D eigenvalue weighted by Crippen LogP contribution is -2.29. The van der Waals surface area contributed by atoms with Gasteiger partial charge in [0.2, 0.25) is 12.3 Å². The quantitative estimate of drug-likeness (QED) is 0.306. The average Bonchev–Trinajstić information content (AvgIpc) is 3.04. The number of fused-ring (bicyclic) bond motifs is 1. The van der Waals surface area contributed by atoms with Gasteiger partial charge in [0.1, 0.15) is 15.5 Å². The summed E-state index contributed by atoms with van der Waals surface area (Å²) in [7, 11) is 1.28. The molecule has 1 fully saturated rings. The van der Waals surface area contributed by atoms with Crippen LogP contribution in [0.3, 0.4) is 0 Å². The first-order valence-corrected chi connectivity index (χ1v) is 12.0. The maximum Gasteiger partial charge on any atom is 0.350 e. The van der Waals surface area contributed by atoms with Gasteiger partial charge in [0, 0.05) is 44.2 Å². The maximum absolute atomic E-state index is 13.4. The van der Waals surface area contributed by atoms with Crippen molar-refractivity contribution in [1.82, 2.24) is 14.8 Å². The van der Waals surface area contributed by atoms with E-state index in [0.717, 1.165) is 49.5 Å². The first-order chi connectivity index (χ1) is 17.0. The second-order valence-corrected chi connectivity index (χ2v) is 9.10. The van der Waals surface area contributed by atoms with E-state index in [2.05, 4.69) is 10.2 Å². The minimum atomic E-state index is -0.569. The third kappa shape index (κ3) is 6.09. The van der Waals surface area contributed by atoms with Crippen molar-refractivity contribution in [2.24, 2.45) is 0 Å². The van der Waals surface area contributed by atoms with Gasteiger partial charge in [0.05, 0.1) is 18.5 Å². The number of rotatable bonds is 7. The maximum atomic E-state index is 13.4. The van der Waals surface area contributed by atoms with Crippen LogP contribution in [0.15, 0.2) is 42.5 Å². The van der Waals surface area contributed by atoms with E-state index in [1.807, 2.05) is 12.1 Å². The van der Waals surface area contributed by atoms with Crippen LogP contribution in [-0.2, 0) is 20.9 Å². The summed E-state index contributed by atoms with van der Waals surface area (Å²) >= 11 is 1.15. The van der Waals surface area contributed by atoms with E-state index in [4.69, 9.17) is 9.72 Å². The van der Waals surface area contributed by atoms with Crippen LogP contribution in [0.25, 0.3) is 16.3 Å². The average molecular weight is 497 g/mol. The molecule has 0 radical (unpaired) electrons. The van der Waals surface area contributed by atoms with E-state index >= 15 is 0 Å². The Morgan fingerprint density at radius 2 is 2.06 bits per heavy atom. The van der Waals surface area contributed by atoms with E-state index in [9.17, 15) is 18.8 Å². The van der Waals surface area contributed by atoms with Gasteiger partial charge in [-0.25, -0.2) is 14.2 Å². The zero-order chi connectivity index (χ0) is 24.8. The topological polar surface area (TPSA) is 91.8 Å². The smallest absolute Gasteiger partial charge is 0.350 e. The number of carbonyl (C=O) groups excluding carboxylic acids is 3. The van der Waals surface area contributed by atoms with E-state index < -0.39 is 17.7 Å². The molecule has 0 saturated carbocycles. The first kappa shape index (κ1) is 24.5. The number of nitrogens with one attached hydrogen (secondary N) is 1. The predicted molar refractivity (Wildman–Crippen MR) is 133 cm³/mol. The number of halogens is 1. The summed E-state index contributed by atoms with van der Waals surface area (Å²) < 4.78 is 18.3. The van der Waals surface area contributed by atoms with Gasteiger partial charge in [-0.1, -0.05) is 12.1 Å². The van der Waals surface area contributed by atoms with Crippen LogP contribution in [0.2, 0.25) is 0 Å². The van der Waals surface area contributed by atoms with Crippen LogP contribution in [0.4, 0.5) is 10.1 Å². The molecule has 0 spiro atoms. The molecule has 2 amide bonds. The van der Waals surface area contributed by atoms with Crippen molar-refractivity contribution in [3.05, 3.63) is 64.4 Å². The molecule has 0 atom stereocenters. The van der Waals surface area contributed by atoms with Crippen molar-refractivity contribution in [1.29, 1.82) is 0 Å². The number of esters is 1. The van der Waals surface area contributed by atoms with Gasteiger partial charge in [0.25, 0.3) is 0 Å². The van der Waals surface area contributed by atoms with Crippen molar-refractivity contribution in [2.45, 2.75) is 13.0 Å². The van der Waals surface area contributed by atoms with Gasteiger partial charge < -0.3 is 15.0 Å². The highest BCUT2D eigenvalue weighted by atomic mass is 32.1. The summed E-state index contributed by atoms with van der Waals surface area (Å²) in [6.45, 7) is 3.66. The Morgan fingerprint density at radius 1 is 1.20 bits per heavy atom. The number of hydrogen-bond acceptors (Lipinski definition) is 7. The molecule has 2 aromatic heterocycles. The third-order valence-corrected chi connectivity index (χ3v) is 6.75. The van der Waals surface area contributed by atoms with Crippen LogP contribution in [0.1, 0.15) is 27.3 Å². The van der Waals surface area contributed by atoms with Crippen molar-refractivity contribution in [3.8, 4) is 0 Å². The molecule has 0 bridgehead atoms. The molecule has 0 unspecified atom stereocenters. The van der Waals surface area contributed by atoms with Crippen LogP contribution < -0.4 is 5.32 Å². The monoisotopic (exact) mass is 496 g/mol. The standard InChI is InChI=1S/C25H25FN4O4S/c1-34-25(33)23-22(28-21(32)9-6-17-4-2-5-18(26)14-17)20-8-7-19(27-24(20)35-23)15-29-10-3-11-30(16-31)13-12-29/h2,4-9,14,16H,3,10-13,15H2,1H3,(H,28,32). The van der Waals surface area contributed by atoms with Crippen molar-refractivity contribution in [3.63, 3.8) is 0 Å². The number of nitrogens with zero attached hydrogens (tertiary/aromatic N) is 3. The number of carbonyl (C=O) groups is 3. The lowest BCUT2D eigenvalue weighted by atomic mass is 10.2. The van der Waals surface area contributed by atoms with Crippen LogP contribution >= 0.6 is 11.3 Å². The Hall–Kier alpha value is -3.63. The second-order valence-electron chi connectivity index (χ2n) is 8.10. The fourth-order valence-corrected chi connectivity index (χ4v) is 4.96. The van der Waals surface area contributed by atoms with E-state index in [0.29, 0.717) is 34.6 Å². The Balaban J connectivity index is 1.55. The predicted octanol–water partition coefficient (Wildman–Crippen LogP) is 3.54. The van der Waals surface area contributed by atoms with Gasteiger partial charge in [-0.05, 0) is 42.3 Å². The second kappa shape index (κ2) is 11.2. The van der Waals surface area contributed by atoms with E-state index in [1.165, 1.54) is 31.4 Å². The summed E-state index contributed by atoms with van der Waals surface area (Å²) in [5.41, 5.74) is 1.71. The molecule has 1 saturated heterocycles. The molecule has 1 N–H and O–H groups in total. The molecule has 4 rings (SSSR count). The van der Waals surface area contributed by atoms with Gasteiger partial charge >= 0.3 is 5.97 Å². The largest absolute Gasteiger partial charge is 0.465 e. The summed E-state index contributed by atoms with van der Waals surface area (Å²) in [4.78, 5) is 45.6. The van der Waals surface area contributed by atoms with Gasteiger partial charge in [-0.15, -0.1) is 11.3 Å². The van der Waals surface area contributed by atoms with E-state index in [1.54, 1.807) is 17.0 Å². The zero-order valence-corrected chi connectivity index (χ0v) is 20.0. The van der Waals surface area contributed by atoms with Crippen molar-refractivity contribution in [2.75, 3.05) is 38.6 Å². The highest BCUT2D eigenvalue weighted by molar-refractivity contribution is 7.21. The zero-order valence-electron chi connectivity index (χ0n) is 19.2. The fraction of sp³-hybridized carbons (Fsp3) is 0.280. The molecular formula is C25H25FN4O4S. The Labute approximate surface area is 206 Å². The van der Waals surface area contributed by atoms with Gasteiger partial charge in [0.15, 0.2) is 0 Å². The number of hydrogen-bond donors (Lipinski definition) is 1. The highest BCUT2D eigenvalue weighted by Gasteiger charge is 2.22. The Morgan fingerprint density at radius 3 is 2.83 bits per heavy atom. The van der Waals surface area contributed by atoms with Crippen LogP contribution in [0.5, 0.6) is 0 Å². The minimum absolute atomic E-state index is 0.246. The number of ether oxygens (including phenoxy) is 1. The summed E-state index contributed by atoms with van der Waals surface area (Å²) in [5.74, 6) is -1.43. The molecule has 3 aromatic rings. The van der Waals surface area contributed by atoms with E-state index in [-0.39, 0.29) is 4.88 Å². The Kier molecular flexibility index (Phi) is 7.84. The minimum Gasteiger partial charge on any atom is -0.465 e. The number of pyridine rings is 1. The van der Waals surface area contributed by atoms with Gasteiger partial charge in [-0.2, -0.15) is 0 Å². The number of aromatic nitrogens is 1. The molecular weight excluding hydrogens is 471 g/mol. The van der Waals surface area contributed by atoms with Crippen molar-refractivity contribution >= 4 is 51.6 Å². The van der Waals surface area contributed by atoms with Crippen LogP contribution in [-0.4, -0.2) is 66.4 Å². The summed E-state index contributed by atoms with van der Waals surface area (Å²) in [6.07, 6.45) is 4.56. The molecule has 0 aliphatic carbocycles. The number of thiophene rings is 1. The lowest BCUT2D eigenvalue weighted by molar-refractivity contribution is -0.118. The number of methoxy groups -OCH3 is 1. The third-order valence-electron chi connectivity index (χ3n) is 5.67. The highest BCUT2D eigenvalue weighted by Crippen LogP contribution is 2.35. The summed E-state index contributed by atoms with van der Waals surface area (Å²) in [6, 6.07) is 9.58. The molecule has 10 heteroatoms. The SMILES string of the molecule is COC(=O)c1sc2nc(CN3CCCN(C=O)CC3)ccc2c1NC(=O)C=Cc1cccc(F)c1. The van der Waals surface area contributed by atoms with Crippen LogP contribution in [0, 0.1) is 5.82 Å². The molecule has 182 valence electrons. The molecule has 1 aromatic carbocycles. The van der Waals surface area contributed by atoms with Crippen molar-refractivity contribution < 1.29 is 23.5 Å². The first-order valence-electron chi connectivity index (χ1n) is 11.1. The molecule has 35 heavy (non-hydrogen) atoms. The molecule has 8 nitrogen and oxygen atoms in total. The lowest BCUT2D eigenvalue weighted by Gasteiger charge is -2.19. The molecule has 1 aliphatic rings. The number of amides is 2. The Bertz CT molecular complexity index is 1280. The fourth-order valence-electron chi connectivity index (χ4n) is 3.90. The molecule has 3 heterocycles.